The molecule has 0 aliphatic carbocycles. The van der Waals surface area contributed by atoms with Crippen LogP contribution in [-0.4, -0.2) is 33.2 Å². The van der Waals surface area contributed by atoms with E-state index >= 15 is 0 Å². The van der Waals surface area contributed by atoms with E-state index in [1.807, 2.05) is 0 Å². The zero-order valence-electron chi connectivity index (χ0n) is 10.8. The molecule has 1 atom stereocenters. The van der Waals surface area contributed by atoms with Gasteiger partial charge in [-0.05, 0) is 18.2 Å². The Morgan fingerprint density at radius 3 is 2.27 bits per heavy atom. The van der Waals surface area contributed by atoms with Crippen LogP contribution >= 0.6 is 11.6 Å². The maximum atomic E-state index is 11.4. The first kappa shape index (κ1) is 15.6. The number of carboxylic acids is 3. The molecule has 22 heavy (non-hydrogen) atoms. The number of aliphatic carboxylic acids is 3. The lowest BCUT2D eigenvalue weighted by atomic mass is 9.78. The fourth-order valence-corrected chi connectivity index (χ4v) is 2.49. The molecule has 0 spiro atoms. The second-order valence-corrected chi connectivity index (χ2v) is 4.94. The first-order valence-electron chi connectivity index (χ1n) is 5.90. The standard InChI is InChI=1S/C13H10ClNO7/c14-4-1-2-6-5(3-4)7(9(12(18)19)13(20)21)8(11(16)17)10(15)22-6/h1-3,7,9H,15H2,(H,16,17)(H,18,19)(H,20,21). The van der Waals surface area contributed by atoms with E-state index in [4.69, 9.17) is 32.3 Å². The van der Waals surface area contributed by atoms with Crippen LogP contribution in [0.1, 0.15) is 11.5 Å². The van der Waals surface area contributed by atoms with Gasteiger partial charge in [-0.25, -0.2) is 4.79 Å². The van der Waals surface area contributed by atoms with Crippen molar-refractivity contribution in [2.24, 2.45) is 11.7 Å². The van der Waals surface area contributed by atoms with Crippen LogP contribution in [0.4, 0.5) is 0 Å². The first-order chi connectivity index (χ1) is 10.2. The third-order valence-corrected chi connectivity index (χ3v) is 3.43. The van der Waals surface area contributed by atoms with Crippen LogP contribution in [0.2, 0.25) is 5.02 Å². The van der Waals surface area contributed by atoms with Gasteiger partial charge in [0.15, 0.2) is 5.92 Å². The SMILES string of the molecule is NC1=C(C(=O)O)C(C(C(=O)O)C(=O)O)c2cc(Cl)ccc2O1. The molecule has 2 rings (SSSR count). The molecule has 1 unspecified atom stereocenters. The van der Waals surface area contributed by atoms with E-state index in [0.717, 1.165) is 0 Å². The molecule has 1 aromatic rings. The molecule has 1 heterocycles. The summed E-state index contributed by atoms with van der Waals surface area (Å²) in [6.45, 7) is 0. The van der Waals surface area contributed by atoms with Crippen molar-refractivity contribution in [3.63, 3.8) is 0 Å². The number of hydrogen-bond donors (Lipinski definition) is 4. The molecular formula is C13H10ClNO7. The predicted octanol–water partition coefficient (Wildman–Crippen LogP) is 0.856. The van der Waals surface area contributed by atoms with Crippen molar-refractivity contribution in [3.8, 4) is 5.75 Å². The third kappa shape index (κ3) is 2.56. The summed E-state index contributed by atoms with van der Waals surface area (Å²) in [4.78, 5) is 34.0. The fourth-order valence-electron chi connectivity index (χ4n) is 2.31. The lowest BCUT2D eigenvalue weighted by Gasteiger charge is -2.29. The van der Waals surface area contributed by atoms with Crippen molar-refractivity contribution in [2.75, 3.05) is 0 Å². The van der Waals surface area contributed by atoms with Crippen molar-refractivity contribution in [3.05, 3.63) is 40.2 Å². The lowest BCUT2D eigenvalue weighted by molar-refractivity contribution is -0.155. The van der Waals surface area contributed by atoms with Crippen LogP contribution in [0.15, 0.2) is 29.7 Å². The Bertz CT molecular complexity index is 698. The van der Waals surface area contributed by atoms with Gasteiger partial charge in [0.25, 0.3) is 0 Å². The number of benzene rings is 1. The summed E-state index contributed by atoms with van der Waals surface area (Å²) in [5.74, 6) is -9.04. The van der Waals surface area contributed by atoms with Crippen LogP contribution in [0.25, 0.3) is 0 Å². The van der Waals surface area contributed by atoms with Gasteiger partial charge in [-0.2, -0.15) is 0 Å². The van der Waals surface area contributed by atoms with E-state index in [-0.39, 0.29) is 16.3 Å². The summed E-state index contributed by atoms with van der Waals surface area (Å²) < 4.78 is 5.13. The average molecular weight is 328 g/mol. The largest absolute Gasteiger partial charge is 0.481 e. The summed E-state index contributed by atoms with van der Waals surface area (Å²) in [6, 6.07) is 4.04. The summed E-state index contributed by atoms with van der Waals surface area (Å²) in [7, 11) is 0. The molecule has 0 amide bonds. The molecule has 0 saturated carbocycles. The second kappa shape index (κ2) is 5.57. The van der Waals surface area contributed by atoms with Gasteiger partial charge in [-0.1, -0.05) is 11.6 Å². The minimum atomic E-state index is -2.05. The van der Waals surface area contributed by atoms with Gasteiger partial charge in [-0.3, -0.25) is 9.59 Å². The highest BCUT2D eigenvalue weighted by molar-refractivity contribution is 6.30. The normalized spacial score (nSPS) is 16.9. The Morgan fingerprint density at radius 2 is 1.77 bits per heavy atom. The Kier molecular flexibility index (Phi) is 3.96. The topological polar surface area (TPSA) is 147 Å². The Balaban J connectivity index is 2.74. The van der Waals surface area contributed by atoms with Crippen molar-refractivity contribution in [1.29, 1.82) is 0 Å². The number of carboxylic acid groups (broad SMARTS) is 3. The number of fused-ring (bicyclic) bond motifs is 1. The predicted molar refractivity (Wildman–Crippen MR) is 72.4 cm³/mol. The smallest absolute Gasteiger partial charge is 0.337 e. The van der Waals surface area contributed by atoms with Crippen LogP contribution in [0.5, 0.6) is 5.75 Å². The van der Waals surface area contributed by atoms with Gasteiger partial charge >= 0.3 is 17.9 Å². The van der Waals surface area contributed by atoms with Gasteiger partial charge in [0.1, 0.15) is 11.3 Å². The second-order valence-electron chi connectivity index (χ2n) is 4.50. The van der Waals surface area contributed by atoms with E-state index in [1.165, 1.54) is 18.2 Å². The summed E-state index contributed by atoms with van der Waals surface area (Å²) >= 11 is 5.82. The number of ether oxygens (including phenoxy) is 1. The zero-order valence-corrected chi connectivity index (χ0v) is 11.6. The van der Waals surface area contributed by atoms with Crippen molar-refractivity contribution >= 4 is 29.5 Å². The first-order valence-corrected chi connectivity index (χ1v) is 6.27. The van der Waals surface area contributed by atoms with Crippen molar-refractivity contribution in [1.82, 2.24) is 0 Å². The van der Waals surface area contributed by atoms with Gasteiger partial charge in [0.2, 0.25) is 5.88 Å². The van der Waals surface area contributed by atoms with Gasteiger partial charge in [-0.15, -0.1) is 0 Å². The molecule has 8 nitrogen and oxygen atoms in total. The average Bonchev–Trinajstić information content (AvgIpc) is 2.38. The molecule has 116 valence electrons. The van der Waals surface area contributed by atoms with Crippen LogP contribution in [0, 0.1) is 5.92 Å². The van der Waals surface area contributed by atoms with Gasteiger partial charge in [0.05, 0.1) is 0 Å². The molecule has 0 fully saturated rings. The van der Waals surface area contributed by atoms with Crippen LogP contribution in [0.3, 0.4) is 0 Å². The summed E-state index contributed by atoms with van der Waals surface area (Å²) in [5.41, 5.74) is 4.92. The maximum Gasteiger partial charge on any atom is 0.337 e. The maximum absolute atomic E-state index is 11.4. The number of carbonyl (C=O) groups is 3. The van der Waals surface area contributed by atoms with Gasteiger partial charge < -0.3 is 25.8 Å². The minimum absolute atomic E-state index is 0.0360. The van der Waals surface area contributed by atoms with E-state index in [9.17, 15) is 19.5 Å². The fraction of sp³-hybridized carbons (Fsp3) is 0.154. The summed E-state index contributed by atoms with van der Waals surface area (Å²) in [5, 5.41) is 27.8. The molecule has 5 N–H and O–H groups in total. The van der Waals surface area contributed by atoms with E-state index < -0.39 is 41.2 Å². The van der Waals surface area contributed by atoms with Crippen molar-refractivity contribution in [2.45, 2.75) is 5.92 Å². The van der Waals surface area contributed by atoms with Crippen LogP contribution < -0.4 is 10.5 Å². The summed E-state index contributed by atoms with van der Waals surface area (Å²) in [6.07, 6.45) is 0. The molecule has 9 heteroatoms. The highest BCUT2D eigenvalue weighted by Crippen LogP contribution is 2.43. The molecule has 1 aliphatic rings. The molecule has 0 radical (unpaired) electrons. The minimum Gasteiger partial charge on any atom is -0.481 e. The van der Waals surface area contributed by atoms with E-state index in [0.29, 0.717) is 0 Å². The number of nitrogens with two attached hydrogens (primary N) is 1. The highest BCUT2D eigenvalue weighted by Gasteiger charge is 2.45. The molecular weight excluding hydrogens is 318 g/mol. The molecule has 0 aromatic heterocycles. The lowest BCUT2D eigenvalue weighted by Crippen LogP contribution is -2.36. The van der Waals surface area contributed by atoms with Gasteiger partial charge in [0, 0.05) is 16.5 Å². The molecule has 0 saturated heterocycles. The van der Waals surface area contributed by atoms with E-state index in [1.54, 1.807) is 0 Å². The highest BCUT2D eigenvalue weighted by atomic mass is 35.5. The Labute approximate surface area is 128 Å². The quantitative estimate of drug-likeness (QED) is 0.595. The molecule has 1 aromatic carbocycles. The van der Waals surface area contributed by atoms with Crippen molar-refractivity contribution < 1.29 is 34.4 Å². The van der Waals surface area contributed by atoms with E-state index in [2.05, 4.69) is 0 Å². The number of hydrogen-bond acceptors (Lipinski definition) is 5. The Hall–Kier alpha value is -2.74. The number of rotatable bonds is 4. The third-order valence-electron chi connectivity index (χ3n) is 3.20. The number of halogens is 1. The zero-order chi connectivity index (χ0) is 16.6. The van der Waals surface area contributed by atoms with Crippen LogP contribution in [-0.2, 0) is 14.4 Å². The monoisotopic (exact) mass is 327 g/mol. The molecule has 0 bridgehead atoms. The Morgan fingerprint density at radius 1 is 1.18 bits per heavy atom. The molecule has 1 aliphatic heterocycles.